The van der Waals surface area contributed by atoms with Crippen LogP contribution in [0.4, 0.5) is 0 Å². The minimum atomic E-state index is -0.518. The highest BCUT2D eigenvalue weighted by Crippen LogP contribution is 2.23. The number of nitrogens with one attached hydrogen (secondary N) is 1. The van der Waals surface area contributed by atoms with E-state index in [1.54, 1.807) is 16.9 Å². The Morgan fingerprint density at radius 1 is 0.973 bits per heavy atom. The zero-order chi connectivity index (χ0) is 25.6. The molecule has 0 unspecified atom stereocenters. The quantitative estimate of drug-likeness (QED) is 0.319. The van der Waals surface area contributed by atoms with Crippen LogP contribution < -0.4 is 5.32 Å². The highest BCUT2D eigenvalue weighted by molar-refractivity contribution is 5.96. The summed E-state index contributed by atoms with van der Waals surface area (Å²) in [6.45, 7) is 0.362. The van der Waals surface area contributed by atoms with Crippen LogP contribution >= 0.6 is 0 Å². The van der Waals surface area contributed by atoms with E-state index in [2.05, 4.69) is 26.7 Å². The largest absolute Gasteiger partial charge is 0.469 e. The molecular weight excluding hydrogens is 466 g/mol. The molecule has 0 aliphatic carbocycles. The van der Waals surface area contributed by atoms with Gasteiger partial charge in [-0.1, -0.05) is 65.9 Å². The van der Waals surface area contributed by atoms with Gasteiger partial charge in [0.05, 0.1) is 32.3 Å². The molecule has 2 heterocycles. The summed E-state index contributed by atoms with van der Waals surface area (Å²) < 4.78 is 6.55. The summed E-state index contributed by atoms with van der Waals surface area (Å²) in [4.78, 5) is 29.5. The van der Waals surface area contributed by atoms with Gasteiger partial charge in [-0.3, -0.25) is 14.6 Å². The second-order valence-corrected chi connectivity index (χ2v) is 8.61. The first-order valence-electron chi connectivity index (χ1n) is 11.9. The minimum absolute atomic E-state index is 0.0304. The summed E-state index contributed by atoms with van der Waals surface area (Å²) >= 11 is 0. The van der Waals surface area contributed by atoms with Gasteiger partial charge in [0.15, 0.2) is 0 Å². The first-order chi connectivity index (χ1) is 18.1. The number of fused-ring (bicyclic) bond motifs is 1. The molecule has 37 heavy (non-hydrogen) atoms. The van der Waals surface area contributed by atoms with Crippen LogP contribution in [0.5, 0.6) is 0 Å². The lowest BCUT2D eigenvalue weighted by atomic mass is 10.0. The van der Waals surface area contributed by atoms with Crippen molar-refractivity contribution in [2.75, 3.05) is 7.11 Å². The topological polar surface area (TPSA) is 99.0 Å². The van der Waals surface area contributed by atoms with E-state index >= 15 is 0 Å². The van der Waals surface area contributed by atoms with Crippen molar-refractivity contribution in [3.63, 3.8) is 0 Å². The molecule has 184 valence electrons. The van der Waals surface area contributed by atoms with Crippen molar-refractivity contribution in [3.8, 4) is 11.3 Å². The summed E-state index contributed by atoms with van der Waals surface area (Å²) in [5.41, 5.74) is 3.80. The average molecular weight is 492 g/mol. The first-order valence-corrected chi connectivity index (χ1v) is 11.9. The molecule has 0 bridgehead atoms. The van der Waals surface area contributed by atoms with Crippen LogP contribution in [0.1, 0.15) is 33.9 Å². The maximum Gasteiger partial charge on any atom is 0.307 e. The Balaban J connectivity index is 1.36. The maximum absolute atomic E-state index is 13.3. The number of pyridine rings is 1. The van der Waals surface area contributed by atoms with Crippen LogP contribution in [-0.2, 0) is 16.1 Å². The van der Waals surface area contributed by atoms with Crippen molar-refractivity contribution in [1.29, 1.82) is 0 Å². The number of hydrogen-bond acceptors (Lipinski definition) is 6. The fourth-order valence-electron chi connectivity index (χ4n) is 4.23. The van der Waals surface area contributed by atoms with E-state index in [9.17, 15) is 9.59 Å². The summed E-state index contributed by atoms with van der Waals surface area (Å²) in [5, 5.41) is 13.8. The molecule has 3 aromatic carbocycles. The van der Waals surface area contributed by atoms with Crippen LogP contribution in [0.2, 0.25) is 0 Å². The van der Waals surface area contributed by atoms with Gasteiger partial charge in [-0.15, -0.1) is 5.10 Å². The van der Waals surface area contributed by atoms with E-state index in [0.29, 0.717) is 12.1 Å². The van der Waals surface area contributed by atoms with Gasteiger partial charge >= 0.3 is 5.97 Å². The van der Waals surface area contributed by atoms with Crippen LogP contribution in [0.3, 0.4) is 0 Å². The molecule has 5 aromatic rings. The van der Waals surface area contributed by atoms with Gasteiger partial charge in [0.25, 0.3) is 5.91 Å². The van der Waals surface area contributed by atoms with Gasteiger partial charge in [-0.25, -0.2) is 4.68 Å². The normalized spacial score (nSPS) is 11.7. The third kappa shape index (κ3) is 5.54. The van der Waals surface area contributed by atoms with E-state index in [1.807, 2.05) is 79.1 Å². The number of nitrogens with zero attached hydrogens (tertiary/aromatic N) is 4. The molecule has 1 amide bonds. The number of ether oxygens (including phenoxy) is 1. The van der Waals surface area contributed by atoms with Crippen LogP contribution in [0, 0.1) is 0 Å². The number of benzene rings is 3. The molecular formula is C29H25N5O3. The number of esters is 1. The van der Waals surface area contributed by atoms with Crippen molar-refractivity contribution >= 4 is 22.6 Å². The SMILES string of the molecule is COC(=O)C[C@H](NC(=O)c1ccccc1Cn1cc(-c2ccc3cnccc3c2)nn1)c1ccccc1. The Morgan fingerprint density at radius 3 is 2.62 bits per heavy atom. The predicted octanol–water partition coefficient (Wildman–Crippen LogP) is 4.58. The van der Waals surface area contributed by atoms with Crippen molar-refractivity contribution in [3.05, 3.63) is 114 Å². The van der Waals surface area contributed by atoms with Crippen molar-refractivity contribution < 1.29 is 14.3 Å². The lowest BCUT2D eigenvalue weighted by molar-refractivity contribution is -0.141. The van der Waals surface area contributed by atoms with Gasteiger partial charge in [0.2, 0.25) is 0 Å². The summed E-state index contributed by atoms with van der Waals surface area (Å²) in [6, 6.07) is 24.2. The molecule has 0 spiro atoms. The van der Waals surface area contributed by atoms with Gasteiger partial charge in [0.1, 0.15) is 5.69 Å². The molecule has 2 aromatic heterocycles. The third-order valence-electron chi connectivity index (χ3n) is 6.18. The smallest absolute Gasteiger partial charge is 0.307 e. The zero-order valence-corrected chi connectivity index (χ0v) is 20.2. The fourth-order valence-corrected chi connectivity index (χ4v) is 4.23. The predicted molar refractivity (Wildman–Crippen MR) is 140 cm³/mol. The standard InChI is InChI=1S/C29H25N5O3/c1-37-28(35)16-26(20-7-3-2-4-8-20)31-29(36)25-10-6-5-9-24(25)18-34-19-27(32-33-34)22-11-12-23-17-30-14-13-21(23)15-22/h2-15,17,19,26H,16,18H2,1H3,(H,31,36)/t26-/m0/s1. The number of hydrogen-bond donors (Lipinski definition) is 1. The molecule has 8 nitrogen and oxygen atoms in total. The number of methoxy groups -OCH3 is 1. The van der Waals surface area contributed by atoms with Gasteiger partial charge < -0.3 is 10.1 Å². The Morgan fingerprint density at radius 2 is 1.78 bits per heavy atom. The number of aromatic nitrogens is 4. The van der Waals surface area contributed by atoms with E-state index in [0.717, 1.165) is 33.2 Å². The minimum Gasteiger partial charge on any atom is -0.469 e. The molecule has 1 N–H and O–H groups in total. The van der Waals surface area contributed by atoms with Gasteiger partial charge in [-0.05, 0) is 34.7 Å². The Hall–Kier alpha value is -4.85. The Bertz CT molecular complexity index is 1550. The van der Waals surface area contributed by atoms with E-state index < -0.39 is 12.0 Å². The highest BCUT2D eigenvalue weighted by Gasteiger charge is 2.21. The van der Waals surface area contributed by atoms with Crippen molar-refractivity contribution in [1.82, 2.24) is 25.3 Å². The summed E-state index contributed by atoms with van der Waals surface area (Å²) in [7, 11) is 1.34. The second-order valence-electron chi connectivity index (χ2n) is 8.61. The summed E-state index contributed by atoms with van der Waals surface area (Å²) in [5.74, 6) is -0.681. The molecule has 5 rings (SSSR count). The molecule has 1 atom stereocenters. The van der Waals surface area contributed by atoms with Crippen LogP contribution in [-0.4, -0.2) is 39.0 Å². The monoisotopic (exact) mass is 491 g/mol. The molecule has 0 radical (unpaired) electrons. The van der Waals surface area contributed by atoms with Crippen LogP contribution in [0.15, 0.2) is 97.5 Å². The lowest BCUT2D eigenvalue weighted by Gasteiger charge is -2.19. The van der Waals surface area contributed by atoms with Crippen molar-refractivity contribution in [2.24, 2.45) is 0 Å². The molecule has 0 fully saturated rings. The average Bonchev–Trinajstić information content (AvgIpc) is 3.41. The third-order valence-corrected chi connectivity index (χ3v) is 6.18. The number of carbonyl (C=O) groups is 2. The maximum atomic E-state index is 13.3. The van der Waals surface area contributed by atoms with E-state index in [4.69, 9.17) is 4.74 Å². The lowest BCUT2D eigenvalue weighted by Crippen LogP contribution is -2.31. The number of carbonyl (C=O) groups excluding carboxylic acids is 2. The Labute approximate surface area is 213 Å². The fraction of sp³-hybridized carbons (Fsp3) is 0.138. The molecule has 0 saturated carbocycles. The number of rotatable bonds is 8. The van der Waals surface area contributed by atoms with Gasteiger partial charge in [-0.2, -0.15) is 0 Å². The number of amides is 1. The highest BCUT2D eigenvalue weighted by atomic mass is 16.5. The van der Waals surface area contributed by atoms with Crippen molar-refractivity contribution in [2.45, 2.75) is 19.0 Å². The van der Waals surface area contributed by atoms with Gasteiger partial charge in [0, 0.05) is 28.9 Å². The second kappa shape index (κ2) is 10.8. The molecule has 0 saturated heterocycles. The summed E-state index contributed by atoms with van der Waals surface area (Å²) in [6.07, 6.45) is 5.48. The first kappa shape index (κ1) is 23.9. The molecule has 0 aliphatic heterocycles. The van der Waals surface area contributed by atoms with Crippen LogP contribution in [0.25, 0.3) is 22.0 Å². The van der Waals surface area contributed by atoms with E-state index in [1.165, 1.54) is 7.11 Å². The zero-order valence-electron chi connectivity index (χ0n) is 20.2. The Kier molecular flexibility index (Phi) is 6.98. The van der Waals surface area contributed by atoms with E-state index in [-0.39, 0.29) is 12.3 Å². The molecule has 0 aliphatic rings. The molecule has 8 heteroatoms.